The van der Waals surface area contributed by atoms with E-state index in [4.69, 9.17) is 9.47 Å². The first-order valence-electron chi connectivity index (χ1n) is 16.4. The van der Waals surface area contributed by atoms with E-state index in [0.717, 1.165) is 62.8 Å². The summed E-state index contributed by atoms with van der Waals surface area (Å²) >= 11 is 0. The van der Waals surface area contributed by atoms with E-state index in [1.165, 1.54) is 37.0 Å². The Labute approximate surface area is 243 Å². The Hall–Kier alpha value is -1.78. The van der Waals surface area contributed by atoms with E-state index < -0.39 is 0 Å². The second-order valence-corrected chi connectivity index (χ2v) is 15.1. The van der Waals surface area contributed by atoms with E-state index >= 15 is 0 Å². The van der Waals surface area contributed by atoms with Gasteiger partial charge in [0.2, 0.25) is 5.91 Å². The Bertz CT molecular complexity index is 1040. The second kappa shape index (κ2) is 11.5. The SMILES string of the molecule is CC(=O)NC[C@H](C)CCC1=C(C)[C@H]2[C@@H](C[C@H]3[C@H]4CC=C5C[C@@H](OC(=O)CCC(C)C)CC[C@]5(C)[C@@H]4CC[C@@]32C)O1. The van der Waals surface area contributed by atoms with Crippen LogP contribution < -0.4 is 5.32 Å². The summed E-state index contributed by atoms with van der Waals surface area (Å²) in [5.41, 5.74) is 3.67. The molecule has 0 radical (unpaired) electrons. The number of hydrogen-bond donors (Lipinski definition) is 1. The summed E-state index contributed by atoms with van der Waals surface area (Å²) in [6.07, 6.45) is 14.5. The fourth-order valence-corrected chi connectivity index (χ4v) is 9.76. The van der Waals surface area contributed by atoms with Crippen molar-refractivity contribution in [3.8, 4) is 0 Å². The van der Waals surface area contributed by atoms with Gasteiger partial charge in [0.25, 0.3) is 0 Å². The van der Waals surface area contributed by atoms with E-state index in [2.05, 4.69) is 52.9 Å². The highest BCUT2D eigenvalue weighted by molar-refractivity contribution is 5.72. The molecule has 3 fully saturated rings. The Balaban J connectivity index is 1.23. The van der Waals surface area contributed by atoms with Gasteiger partial charge in [-0.3, -0.25) is 9.59 Å². The molecule has 40 heavy (non-hydrogen) atoms. The van der Waals surface area contributed by atoms with Gasteiger partial charge < -0.3 is 14.8 Å². The smallest absolute Gasteiger partial charge is 0.306 e. The van der Waals surface area contributed by atoms with Crippen LogP contribution >= 0.6 is 0 Å². The van der Waals surface area contributed by atoms with Crippen molar-refractivity contribution in [1.29, 1.82) is 0 Å². The minimum atomic E-state index is -0.00695. The van der Waals surface area contributed by atoms with Crippen LogP contribution in [-0.4, -0.2) is 30.6 Å². The highest BCUT2D eigenvalue weighted by atomic mass is 16.5. The minimum Gasteiger partial charge on any atom is -0.494 e. The maximum atomic E-state index is 12.4. The molecule has 224 valence electrons. The molecule has 9 atom stereocenters. The average molecular weight is 554 g/mol. The molecule has 1 N–H and O–H groups in total. The number of allylic oxidation sites excluding steroid dienone is 2. The van der Waals surface area contributed by atoms with Gasteiger partial charge in [-0.05, 0) is 104 Å². The fourth-order valence-electron chi connectivity index (χ4n) is 9.76. The summed E-state index contributed by atoms with van der Waals surface area (Å²) in [5.74, 6) is 5.02. The van der Waals surface area contributed by atoms with Gasteiger partial charge in [-0.2, -0.15) is 0 Å². The molecule has 5 heteroatoms. The molecule has 1 amide bonds. The summed E-state index contributed by atoms with van der Waals surface area (Å²) in [7, 11) is 0. The first-order chi connectivity index (χ1) is 18.9. The zero-order chi connectivity index (χ0) is 28.8. The predicted molar refractivity (Wildman–Crippen MR) is 159 cm³/mol. The first-order valence-corrected chi connectivity index (χ1v) is 16.4. The average Bonchev–Trinajstić information content (AvgIpc) is 3.38. The number of amides is 1. The highest BCUT2D eigenvalue weighted by Crippen LogP contribution is 2.69. The minimum absolute atomic E-state index is 0.00695. The van der Waals surface area contributed by atoms with E-state index in [1.54, 1.807) is 12.5 Å². The van der Waals surface area contributed by atoms with Gasteiger partial charge in [-0.15, -0.1) is 0 Å². The Morgan fingerprint density at radius 1 is 1.12 bits per heavy atom. The molecular weight excluding hydrogens is 498 g/mol. The fraction of sp³-hybridized carbons (Fsp3) is 0.829. The Kier molecular flexibility index (Phi) is 8.52. The number of nitrogens with one attached hydrogen (secondary N) is 1. The number of fused-ring (bicyclic) bond motifs is 7. The number of hydrogen-bond acceptors (Lipinski definition) is 4. The zero-order valence-corrected chi connectivity index (χ0v) is 26.3. The predicted octanol–water partition coefficient (Wildman–Crippen LogP) is 7.75. The van der Waals surface area contributed by atoms with Crippen LogP contribution in [0.5, 0.6) is 0 Å². The lowest BCUT2D eigenvalue weighted by atomic mass is 9.47. The van der Waals surface area contributed by atoms with Crippen molar-refractivity contribution in [2.24, 2.45) is 46.3 Å². The van der Waals surface area contributed by atoms with Crippen molar-refractivity contribution >= 4 is 11.9 Å². The molecule has 5 nitrogen and oxygen atoms in total. The largest absolute Gasteiger partial charge is 0.494 e. The monoisotopic (exact) mass is 553 g/mol. The van der Waals surface area contributed by atoms with Gasteiger partial charge in [-0.25, -0.2) is 0 Å². The summed E-state index contributed by atoms with van der Waals surface area (Å²) in [5, 5.41) is 2.96. The lowest BCUT2D eigenvalue weighted by molar-refractivity contribution is -0.151. The molecular formula is C35H55NO4. The number of carbonyl (C=O) groups excluding carboxylic acids is 2. The van der Waals surface area contributed by atoms with E-state index in [9.17, 15) is 9.59 Å². The molecule has 1 aliphatic heterocycles. The number of esters is 1. The maximum Gasteiger partial charge on any atom is 0.306 e. The number of ether oxygens (including phenoxy) is 2. The molecule has 0 spiro atoms. The van der Waals surface area contributed by atoms with Gasteiger partial charge in [0.05, 0.1) is 5.76 Å². The standard InChI is InChI=1S/C35H55NO4/c1-21(2)8-13-32(38)39-26-14-16-34(6)25(18-26)10-11-27-28(34)15-17-35(7)29(27)19-31-33(35)23(4)30(40-31)12-9-22(3)20-36-24(5)37/h10,21-22,26-29,31,33H,8-9,11-20H2,1-7H3,(H,36,37)/t22-,26+,27+,28-,29+,31-,33+,34+,35+/m1/s1. The lowest BCUT2D eigenvalue weighted by Crippen LogP contribution is -2.50. The number of carbonyl (C=O) groups is 2. The van der Waals surface area contributed by atoms with Crippen molar-refractivity contribution in [2.45, 2.75) is 131 Å². The summed E-state index contributed by atoms with van der Waals surface area (Å²) in [4.78, 5) is 23.7. The van der Waals surface area contributed by atoms with Crippen LogP contribution in [0.2, 0.25) is 0 Å². The van der Waals surface area contributed by atoms with E-state index in [1.807, 2.05) is 0 Å². The van der Waals surface area contributed by atoms with Crippen molar-refractivity contribution < 1.29 is 19.1 Å². The summed E-state index contributed by atoms with van der Waals surface area (Å²) in [6, 6.07) is 0. The molecule has 1 heterocycles. The number of rotatable bonds is 9. The van der Waals surface area contributed by atoms with Crippen LogP contribution in [0.4, 0.5) is 0 Å². The van der Waals surface area contributed by atoms with Crippen molar-refractivity contribution in [3.05, 3.63) is 23.0 Å². The van der Waals surface area contributed by atoms with Gasteiger partial charge >= 0.3 is 5.97 Å². The Morgan fingerprint density at radius 2 is 1.90 bits per heavy atom. The quantitative estimate of drug-likeness (QED) is 0.234. The lowest BCUT2D eigenvalue weighted by Gasteiger charge is -2.58. The zero-order valence-electron chi connectivity index (χ0n) is 26.3. The third kappa shape index (κ3) is 5.52. The van der Waals surface area contributed by atoms with Crippen LogP contribution in [-0.2, 0) is 19.1 Å². The molecule has 0 aromatic rings. The molecule has 0 unspecified atom stereocenters. The molecule has 0 aromatic heterocycles. The second-order valence-electron chi connectivity index (χ2n) is 15.1. The van der Waals surface area contributed by atoms with E-state index in [-0.39, 0.29) is 23.4 Å². The molecule has 5 aliphatic rings. The van der Waals surface area contributed by atoms with Crippen LogP contribution in [0.3, 0.4) is 0 Å². The first kappa shape index (κ1) is 29.7. The molecule has 4 aliphatic carbocycles. The highest BCUT2D eigenvalue weighted by Gasteiger charge is 2.63. The molecule has 0 aromatic carbocycles. The maximum absolute atomic E-state index is 12.4. The van der Waals surface area contributed by atoms with Gasteiger partial charge in [-0.1, -0.05) is 46.3 Å². The van der Waals surface area contributed by atoms with Gasteiger partial charge in [0.1, 0.15) is 12.2 Å². The molecule has 3 saturated carbocycles. The molecule has 0 bridgehead atoms. The van der Waals surface area contributed by atoms with Crippen LogP contribution in [0.25, 0.3) is 0 Å². The van der Waals surface area contributed by atoms with Crippen LogP contribution in [0, 0.1) is 46.3 Å². The summed E-state index contributed by atoms with van der Waals surface area (Å²) < 4.78 is 12.7. The Morgan fingerprint density at radius 3 is 2.62 bits per heavy atom. The topological polar surface area (TPSA) is 64.6 Å². The molecule has 0 saturated heterocycles. The van der Waals surface area contributed by atoms with Crippen LogP contribution in [0.1, 0.15) is 119 Å². The normalized spacial score (nSPS) is 39.0. The van der Waals surface area contributed by atoms with Crippen molar-refractivity contribution in [1.82, 2.24) is 5.32 Å². The molecule has 5 rings (SSSR count). The third-order valence-corrected chi connectivity index (χ3v) is 12.1. The van der Waals surface area contributed by atoms with Crippen molar-refractivity contribution in [2.75, 3.05) is 6.54 Å². The van der Waals surface area contributed by atoms with E-state index in [0.29, 0.717) is 35.7 Å². The third-order valence-electron chi connectivity index (χ3n) is 12.1. The van der Waals surface area contributed by atoms with Gasteiger partial charge in [0, 0.05) is 38.6 Å². The van der Waals surface area contributed by atoms with Crippen molar-refractivity contribution in [3.63, 3.8) is 0 Å². The summed E-state index contributed by atoms with van der Waals surface area (Å²) in [6.45, 7) is 16.3. The van der Waals surface area contributed by atoms with Gasteiger partial charge in [0.15, 0.2) is 0 Å². The van der Waals surface area contributed by atoms with Crippen LogP contribution in [0.15, 0.2) is 23.0 Å².